The summed E-state index contributed by atoms with van der Waals surface area (Å²) in [5.41, 5.74) is 1.85. The molecule has 25 heavy (non-hydrogen) atoms. The molecule has 0 saturated heterocycles. The molecule has 0 aliphatic rings. The molecule has 0 aliphatic carbocycles. The molecular weight excluding hydrogens is 322 g/mol. The van der Waals surface area contributed by atoms with Crippen LogP contribution in [0.4, 0.5) is 5.69 Å². The number of non-ortho nitro benzene ring substituents is 1. The number of rotatable bonds is 7. The maximum atomic E-state index is 10.6. The molecule has 1 heterocycles. The Morgan fingerprint density at radius 3 is 2.52 bits per heavy atom. The molecule has 0 bridgehead atoms. The fourth-order valence-electron chi connectivity index (χ4n) is 2.35. The van der Waals surface area contributed by atoms with Crippen molar-refractivity contribution >= 4 is 5.69 Å². The van der Waals surface area contributed by atoms with Gasteiger partial charge in [0.15, 0.2) is 0 Å². The maximum Gasteiger partial charge on any atom is 0.269 e. The highest BCUT2D eigenvalue weighted by atomic mass is 16.6. The van der Waals surface area contributed by atoms with Gasteiger partial charge in [-0.15, -0.1) is 0 Å². The Kier molecular flexibility index (Phi) is 5.06. The molecule has 1 unspecified atom stereocenters. The zero-order chi connectivity index (χ0) is 17.6. The van der Waals surface area contributed by atoms with Gasteiger partial charge in [-0.1, -0.05) is 30.3 Å². The quantitative estimate of drug-likeness (QED) is 0.528. The first-order valence-corrected chi connectivity index (χ1v) is 7.76. The third-order valence-electron chi connectivity index (χ3n) is 3.60. The molecule has 1 aromatic heterocycles. The largest absolute Gasteiger partial charge is 0.491 e. The molecule has 0 amide bonds. The predicted molar refractivity (Wildman–Crippen MR) is 92.3 cm³/mol. The van der Waals surface area contributed by atoms with E-state index in [4.69, 9.17) is 4.74 Å². The lowest BCUT2D eigenvalue weighted by atomic mass is 10.2. The molecule has 1 N–H and O–H groups in total. The van der Waals surface area contributed by atoms with Gasteiger partial charge >= 0.3 is 0 Å². The summed E-state index contributed by atoms with van der Waals surface area (Å²) in [5, 5.41) is 25.1. The fraction of sp³-hybridized carbons (Fsp3) is 0.167. The van der Waals surface area contributed by atoms with Crippen molar-refractivity contribution in [2.24, 2.45) is 0 Å². The molecule has 0 saturated carbocycles. The number of aliphatic hydroxyl groups is 1. The van der Waals surface area contributed by atoms with Crippen LogP contribution in [0.1, 0.15) is 0 Å². The van der Waals surface area contributed by atoms with Gasteiger partial charge in [0, 0.05) is 23.9 Å². The molecule has 0 fully saturated rings. The third kappa shape index (κ3) is 4.42. The van der Waals surface area contributed by atoms with Crippen molar-refractivity contribution in [2.75, 3.05) is 6.61 Å². The van der Waals surface area contributed by atoms with Gasteiger partial charge in [-0.2, -0.15) is 5.10 Å². The fourth-order valence-corrected chi connectivity index (χ4v) is 2.35. The molecule has 3 aromatic rings. The number of ether oxygens (including phenoxy) is 1. The number of nitro groups is 1. The van der Waals surface area contributed by atoms with Gasteiger partial charge < -0.3 is 9.84 Å². The number of aromatic nitrogens is 2. The van der Waals surface area contributed by atoms with E-state index in [0.717, 1.165) is 11.3 Å². The van der Waals surface area contributed by atoms with Gasteiger partial charge in [-0.3, -0.25) is 14.8 Å². The van der Waals surface area contributed by atoms with E-state index in [1.807, 2.05) is 36.4 Å². The molecule has 128 valence electrons. The van der Waals surface area contributed by atoms with Gasteiger partial charge in [0.2, 0.25) is 0 Å². The van der Waals surface area contributed by atoms with Gasteiger partial charge in [0.1, 0.15) is 18.5 Å². The van der Waals surface area contributed by atoms with E-state index in [9.17, 15) is 15.2 Å². The summed E-state index contributed by atoms with van der Waals surface area (Å²) in [5.74, 6) is 0.468. The Morgan fingerprint density at radius 2 is 1.84 bits per heavy atom. The summed E-state index contributed by atoms with van der Waals surface area (Å²) in [6.07, 6.45) is 1.05. The SMILES string of the molecule is O=[N+]([O-])c1ccc(OCC(O)Cn2ccc(-c3ccccc3)n2)cc1. The number of nitro benzene ring substituents is 1. The summed E-state index contributed by atoms with van der Waals surface area (Å²) in [4.78, 5) is 10.1. The van der Waals surface area contributed by atoms with E-state index in [1.165, 1.54) is 24.3 Å². The van der Waals surface area contributed by atoms with Crippen LogP contribution in [0.25, 0.3) is 11.3 Å². The van der Waals surface area contributed by atoms with Gasteiger partial charge in [-0.25, -0.2) is 0 Å². The molecule has 0 radical (unpaired) electrons. The molecule has 0 spiro atoms. The standard InChI is InChI=1S/C18H17N3O4/c22-16(13-25-17-8-6-15(7-9-17)21(23)24)12-20-11-10-18(19-20)14-4-2-1-3-5-14/h1-11,16,22H,12-13H2. The minimum absolute atomic E-state index is 0.00196. The monoisotopic (exact) mass is 339 g/mol. The van der Waals surface area contributed by atoms with Crippen molar-refractivity contribution in [1.29, 1.82) is 0 Å². The Balaban J connectivity index is 1.53. The zero-order valence-corrected chi connectivity index (χ0v) is 13.4. The molecule has 7 heteroatoms. The molecule has 2 aromatic carbocycles. The Hall–Kier alpha value is -3.19. The minimum Gasteiger partial charge on any atom is -0.491 e. The molecule has 0 aliphatic heterocycles. The highest BCUT2D eigenvalue weighted by Gasteiger charge is 2.10. The molecule has 7 nitrogen and oxygen atoms in total. The lowest BCUT2D eigenvalue weighted by Crippen LogP contribution is -2.23. The number of benzene rings is 2. The highest BCUT2D eigenvalue weighted by molar-refractivity contribution is 5.57. The zero-order valence-electron chi connectivity index (χ0n) is 13.4. The first kappa shape index (κ1) is 16.7. The van der Waals surface area contributed by atoms with Gasteiger partial charge in [0.25, 0.3) is 5.69 Å². The van der Waals surface area contributed by atoms with Crippen molar-refractivity contribution in [3.05, 3.63) is 77.0 Å². The van der Waals surface area contributed by atoms with Crippen molar-refractivity contribution in [3.8, 4) is 17.0 Å². The average Bonchev–Trinajstić information content (AvgIpc) is 3.09. The lowest BCUT2D eigenvalue weighted by Gasteiger charge is -2.12. The Bertz CT molecular complexity index is 831. The van der Waals surface area contributed by atoms with Crippen LogP contribution < -0.4 is 4.74 Å². The maximum absolute atomic E-state index is 10.6. The van der Waals surface area contributed by atoms with Crippen LogP contribution in [0.3, 0.4) is 0 Å². The molecular formula is C18H17N3O4. The minimum atomic E-state index is -0.751. The van der Waals surface area contributed by atoms with Crippen molar-refractivity contribution in [3.63, 3.8) is 0 Å². The first-order valence-electron chi connectivity index (χ1n) is 7.76. The van der Waals surface area contributed by atoms with Crippen molar-refractivity contribution < 1.29 is 14.8 Å². The van der Waals surface area contributed by atoms with Crippen LogP contribution >= 0.6 is 0 Å². The Labute approximate surface area is 144 Å². The lowest BCUT2D eigenvalue weighted by molar-refractivity contribution is -0.384. The van der Waals surface area contributed by atoms with Crippen LogP contribution in [0.2, 0.25) is 0 Å². The van der Waals surface area contributed by atoms with Crippen LogP contribution in [0.15, 0.2) is 66.9 Å². The van der Waals surface area contributed by atoms with E-state index in [2.05, 4.69) is 5.10 Å². The second kappa shape index (κ2) is 7.59. The van der Waals surface area contributed by atoms with E-state index in [-0.39, 0.29) is 12.3 Å². The van der Waals surface area contributed by atoms with Crippen molar-refractivity contribution in [1.82, 2.24) is 9.78 Å². The summed E-state index contributed by atoms with van der Waals surface area (Å²) in [6, 6.07) is 17.4. The second-order valence-electron chi connectivity index (χ2n) is 5.50. The smallest absolute Gasteiger partial charge is 0.269 e. The first-order chi connectivity index (χ1) is 12.1. The Morgan fingerprint density at radius 1 is 1.12 bits per heavy atom. The summed E-state index contributed by atoms with van der Waals surface area (Å²) in [7, 11) is 0. The highest BCUT2D eigenvalue weighted by Crippen LogP contribution is 2.18. The van der Waals surface area contributed by atoms with Crippen LogP contribution in [-0.2, 0) is 6.54 Å². The molecule has 1 atom stereocenters. The summed E-state index contributed by atoms with van der Waals surface area (Å²) >= 11 is 0. The number of hydrogen-bond donors (Lipinski definition) is 1. The topological polar surface area (TPSA) is 90.4 Å². The average molecular weight is 339 g/mol. The van der Waals surface area contributed by atoms with E-state index < -0.39 is 11.0 Å². The second-order valence-corrected chi connectivity index (χ2v) is 5.50. The van der Waals surface area contributed by atoms with E-state index in [0.29, 0.717) is 12.3 Å². The van der Waals surface area contributed by atoms with Crippen LogP contribution in [0, 0.1) is 10.1 Å². The van der Waals surface area contributed by atoms with E-state index in [1.54, 1.807) is 10.9 Å². The third-order valence-corrected chi connectivity index (χ3v) is 3.60. The number of hydrogen-bond acceptors (Lipinski definition) is 5. The van der Waals surface area contributed by atoms with Crippen molar-refractivity contribution in [2.45, 2.75) is 12.6 Å². The van der Waals surface area contributed by atoms with Gasteiger partial charge in [-0.05, 0) is 18.2 Å². The summed E-state index contributed by atoms with van der Waals surface area (Å²) in [6.45, 7) is 0.359. The normalized spacial score (nSPS) is 11.9. The number of nitrogens with zero attached hydrogens (tertiary/aromatic N) is 3. The number of aliphatic hydroxyl groups excluding tert-OH is 1. The summed E-state index contributed by atoms with van der Waals surface area (Å²) < 4.78 is 7.11. The van der Waals surface area contributed by atoms with Crippen LogP contribution in [-0.4, -0.2) is 32.5 Å². The molecule has 3 rings (SSSR count). The van der Waals surface area contributed by atoms with Crippen LogP contribution in [0.5, 0.6) is 5.75 Å². The van der Waals surface area contributed by atoms with E-state index >= 15 is 0 Å². The predicted octanol–water partition coefficient (Wildman–Crippen LogP) is 2.90. The van der Waals surface area contributed by atoms with Gasteiger partial charge in [0.05, 0.1) is 17.2 Å².